The molecule has 2 aromatic rings. The van der Waals surface area contributed by atoms with Crippen LogP contribution in [0.15, 0.2) is 53.4 Å². The Morgan fingerprint density at radius 2 is 1.78 bits per heavy atom. The molecule has 6 nitrogen and oxygen atoms in total. The van der Waals surface area contributed by atoms with Crippen LogP contribution < -0.4 is 0 Å². The van der Waals surface area contributed by atoms with Crippen LogP contribution in [0.1, 0.15) is 23.6 Å². The Bertz CT molecular complexity index is 911. The second-order valence-electron chi connectivity index (χ2n) is 6.71. The highest BCUT2D eigenvalue weighted by atomic mass is 32.2. The lowest BCUT2D eigenvalue weighted by molar-refractivity contribution is -0.150. The number of hydrogen-bond acceptors (Lipinski definition) is 5. The van der Waals surface area contributed by atoms with Gasteiger partial charge in [0.25, 0.3) is 0 Å². The van der Waals surface area contributed by atoms with Gasteiger partial charge >= 0.3 is 5.97 Å². The number of carbonyl (C=O) groups excluding carboxylic acids is 1. The summed E-state index contributed by atoms with van der Waals surface area (Å²) in [5.41, 5.74) is 0.239. The number of hydrogen-bond donors (Lipinski definition) is 1. The van der Waals surface area contributed by atoms with E-state index in [2.05, 4.69) is 0 Å². The maximum Gasteiger partial charge on any atom is 0.302 e. The quantitative estimate of drug-likeness (QED) is 0.733. The summed E-state index contributed by atoms with van der Waals surface area (Å²) in [7, 11) is -2.44. The number of benzene rings is 2. The molecule has 0 aliphatic heterocycles. The number of carbonyl (C=O) groups is 1. The van der Waals surface area contributed by atoms with Crippen molar-refractivity contribution in [3.8, 4) is 0 Å². The van der Waals surface area contributed by atoms with Gasteiger partial charge in [0.2, 0.25) is 10.0 Å². The first-order valence-electron chi connectivity index (χ1n) is 8.51. The molecule has 27 heavy (non-hydrogen) atoms. The normalized spacial score (nSPS) is 14.0. The van der Waals surface area contributed by atoms with Crippen LogP contribution in [0, 0.1) is 13.8 Å². The molecule has 0 bridgehead atoms. The molecule has 2 rings (SSSR count). The predicted molar refractivity (Wildman–Crippen MR) is 103 cm³/mol. The molecule has 0 saturated heterocycles. The first-order valence-corrected chi connectivity index (χ1v) is 9.95. The van der Waals surface area contributed by atoms with Crippen LogP contribution >= 0.6 is 0 Å². The molecule has 1 atom stereocenters. The smallest absolute Gasteiger partial charge is 0.302 e. The second-order valence-corrected chi connectivity index (χ2v) is 8.72. The van der Waals surface area contributed by atoms with Gasteiger partial charge in [-0.1, -0.05) is 42.5 Å². The van der Waals surface area contributed by atoms with Crippen molar-refractivity contribution in [2.45, 2.75) is 31.3 Å². The van der Waals surface area contributed by atoms with Gasteiger partial charge in [-0.05, 0) is 36.6 Å². The third-order valence-electron chi connectivity index (χ3n) is 4.34. The van der Waals surface area contributed by atoms with Crippen molar-refractivity contribution in [1.29, 1.82) is 0 Å². The summed E-state index contributed by atoms with van der Waals surface area (Å²) in [4.78, 5) is 11.4. The zero-order valence-electron chi connectivity index (χ0n) is 16.0. The topological polar surface area (TPSA) is 83.9 Å². The molecule has 1 N–H and O–H groups in total. The van der Waals surface area contributed by atoms with E-state index in [1.807, 2.05) is 13.0 Å². The Morgan fingerprint density at radius 3 is 2.37 bits per heavy atom. The number of ether oxygens (including phenoxy) is 1. The molecule has 0 saturated carbocycles. The van der Waals surface area contributed by atoms with Crippen molar-refractivity contribution in [1.82, 2.24) is 4.31 Å². The summed E-state index contributed by atoms with van der Waals surface area (Å²) in [6.45, 7) is 4.17. The fraction of sp³-hybridized carbons (Fsp3) is 0.350. The number of aliphatic hydroxyl groups is 1. The molecule has 0 aliphatic rings. The van der Waals surface area contributed by atoms with Gasteiger partial charge in [-0.15, -0.1) is 0 Å². The summed E-state index contributed by atoms with van der Waals surface area (Å²) in [6.07, 6.45) is 0. The minimum Gasteiger partial charge on any atom is -0.462 e. The molecule has 0 aromatic heterocycles. The summed E-state index contributed by atoms with van der Waals surface area (Å²) in [6, 6.07) is 13.8. The first kappa shape index (κ1) is 21.1. The number of likely N-dealkylation sites (N-methyl/N-ethyl adjacent to an activating group) is 1. The largest absolute Gasteiger partial charge is 0.462 e. The molecule has 0 heterocycles. The van der Waals surface area contributed by atoms with E-state index in [-0.39, 0.29) is 18.0 Å². The van der Waals surface area contributed by atoms with Crippen LogP contribution in [0.4, 0.5) is 0 Å². The van der Waals surface area contributed by atoms with Crippen LogP contribution in [0.25, 0.3) is 0 Å². The summed E-state index contributed by atoms with van der Waals surface area (Å²) in [5, 5.41) is 11.2. The average Bonchev–Trinajstić information content (AvgIpc) is 2.62. The van der Waals surface area contributed by atoms with Gasteiger partial charge < -0.3 is 9.84 Å². The van der Waals surface area contributed by atoms with Gasteiger partial charge in [-0.3, -0.25) is 4.79 Å². The number of sulfonamides is 1. The number of aryl methyl sites for hydroxylation is 2. The first-order chi connectivity index (χ1) is 12.6. The molecule has 2 aromatic carbocycles. The fourth-order valence-electron chi connectivity index (χ4n) is 2.80. The highest BCUT2D eigenvalue weighted by Crippen LogP contribution is 2.27. The molecule has 0 amide bonds. The lowest BCUT2D eigenvalue weighted by atomic mass is 9.94. The van der Waals surface area contributed by atoms with Crippen LogP contribution in [-0.2, 0) is 25.2 Å². The molecule has 0 aliphatic carbocycles. The van der Waals surface area contributed by atoms with E-state index in [0.29, 0.717) is 11.1 Å². The SMILES string of the molecule is CC(=O)OCC(O)(CN(C)S(=O)(=O)c1cc(C)ccc1C)c1ccccc1. The molecule has 1 unspecified atom stereocenters. The van der Waals surface area contributed by atoms with Gasteiger partial charge in [0.15, 0.2) is 0 Å². The van der Waals surface area contributed by atoms with E-state index >= 15 is 0 Å². The van der Waals surface area contributed by atoms with Crippen molar-refractivity contribution in [2.75, 3.05) is 20.2 Å². The van der Waals surface area contributed by atoms with Gasteiger partial charge in [-0.2, -0.15) is 4.31 Å². The maximum absolute atomic E-state index is 13.1. The number of rotatable bonds is 7. The second kappa shape index (κ2) is 8.21. The Kier molecular flexibility index (Phi) is 6.41. The van der Waals surface area contributed by atoms with Crippen molar-refractivity contribution in [3.05, 3.63) is 65.2 Å². The molecular formula is C20H25NO5S. The Balaban J connectivity index is 2.38. The summed E-state index contributed by atoms with van der Waals surface area (Å²) < 4.78 is 32.2. The monoisotopic (exact) mass is 391 g/mol. The molecule has 146 valence electrons. The third kappa shape index (κ3) is 4.94. The van der Waals surface area contributed by atoms with Crippen LogP contribution in [0.2, 0.25) is 0 Å². The standard InChI is InChI=1S/C20H25NO5S/c1-15-10-11-16(2)19(12-15)27(24,25)21(4)13-20(23,14-26-17(3)22)18-8-6-5-7-9-18/h5-12,23H,13-14H2,1-4H3. The highest BCUT2D eigenvalue weighted by Gasteiger charge is 2.36. The number of esters is 1. The summed E-state index contributed by atoms with van der Waals surface area (Å²) >= 11 is 0. The van der Waals surface area contributed by atoms with Gasteiger partial charge in [0.05, 0.1) is 11.4 Å². The third-order valence-corrected chi connectivity index (χ3v) is 6.29. The molecule has 7 heteroatoms. The van der Waals surface area contributed by atoms with E-state index in [1.165, 1.54) is 14.0 Å². The number of nitrogens with zero attached hydrogens (tertiary/aromatic N) is 1. The minimum absolute atomic E-state index is 0.188. The zero-order valence-corrected chi connectivity index (χ0v) is 16.8. The Labute approximate surface area is 160 Å². The lowest BCUT2D eigenvalue weighted by Gasteiger charge is -2.32. The van der Waals surface area contributed by atoms with Crippen molar-refractivity contribution >= 4 is 16.0 Å². The Morgan fingerprint density at radius 1 is 1.15 bits per heavy atom. The van der Waals surface area contributed by atoms with Gasteiger partial charge in [0, 0.05) is 14.0 Å². The van der Waals surface area contributed by atoms with E-state index in [1.54, 1.807) is 49.4 Å². The van der Waals surface area contributed by atoms with Gasteiger partial charge in [0.1, 0.15) is 12.2 Å². The molecule has 0 fully saturated rings. The van der Waals surface area contributed by atoms with Crippen LogP contribution in [0.3, 0.4) is 0 Å². The van der Waals surface area contributed by atoms with E-state index in [4.69, 9.17) is 4.74 Å². The van der Waals surface area contributed by atoms with Crippen LogP contribution in [0.5, 0.6) is 0 Å². The summed E-state index contributed by atoms with van der Waals surface area (Å²) in [5.74, 6) is -0.551. The van der Waals surface area contributed by atoms with E-state index < -0.39 is 21.6 Å². The van der Waals surface area contributed by atoms with Gasteiger partial charge in [-0.25, -0.2) is 8.42 Å². The Hall–Kier alpha value is -2.22. The maximum atomic E-state index is 13.1. The highest BCUT2D eigenvalue weighted by molar-refractivity contribution is 7.89. The van der Waals surface area contributed by atoms with Crippen molar-refractivity contribution < 1.29 is 23.1 Å². The lowest BCUT2D eigenvalue weighted by Crippen LogP contribution is -2.45. The van der Waals surface area contributed by atoms with Crippen LogP contribution in [-0.4, -0.2) is 44.0 Å². The molecule has 0 radical (unpaired) electrons. The van der Waals surface area contributed by atoms with E-state index in [9.17, 15) is 18.3 Å². The predicted octanol–water partition coefficient (Wildman–Crippen LogP) is 2.37. The van der Waals surface area contributed by atoms with Crippen molar-refractivity contribution in [2.24, 2.45) is 0 Å². The average molecular weight is 391 g/mol. The molecular weight excluding hydrogens is 366 g/mol. The fourth-order valence-corrected chi connectivity index (χ4v) is 4.33. The minimum atomic E-state index is -3.84. The molecule has 0 spiro atoms. The van der Waals surface area contributed by atoms with Crippen molar-refractivity contribution in [3.63, 3.8) is 0 Å². The zero-order chi connectivity index (χ0) is 20.2. The van der Waals surface area contributed by atoms with E-state index in [0.717, 1.165) is 9.87 Å².